The predicted molar refractivity (Wildman–Crippen MR) is 103 cm³/mol. The second kappa shape index (κ2) is 8.62. The summed E-state index contributed by atoms with van der Waals surface area (Å²) < 4.78 is 0. The van der Waals surface area contributed by atoms with E-state index in [1.54, 1.807) is 29.5 Å². The van der Waals surface area contributed by atoms with Gasteiger partial charge in [-0.3, -0.25) is 9.59 Å². The Morgan fingerprint density at radius 1 is 1.04 bits per heavy atom. The first-order valence-corrected chi connectivity index (χ1v) is 9.52. The van der Waals surface area contributed by atoms with E-state index in [4.69, 9.17) is 0 Å². The van der Waals surface area contributed by atoms with Crippen molar-refractivity contribution in [1.29, 1.82) is 0 Å². The van der Waals surface area contributed by atoms with Gasteiger partial charge in [0.25, 0.3) is 5.91 Å². The molecule has 2 aromatic rings. The third-order valence-corrected chi connectivity index (χ3v) is 5.05. The van der Waals surface area contributed by atoms with Crippen molar-refractivity contribution < 1.29 is 9.59 Å². The summed E-state index contributed by atoms with van der Waals surface area (Å²) in [4.78, 5) is 27.7. The molecule has 1 aliphatic heterocycles. The summed E-state index contributed by atoms with van der Waals surface area (Å²) in [6.07, 6.45) is 7.81. The highest BCUT2D eigenvalue weighted by atomic mass is 32.1. The Hall–Kier alpha value is -2.40. The lowest BCUT2D eigenvalue weighted by molar-refractivity contribution is -0.111. The number of carbonyl (C=O) groups is 2. The van der Waals surface area contributed by atoms with Crippen LogP contribution in [0.2, 0.25) is 0 Å². The Morgan fingerprint density at radius 3 is 2.56 bits per heavy atom. The number of thiophene rings is 1. The van der Waals surface area contributed by atoms with E-state index in [0.29, 0.717) is 11.3 Å². The molecule has 0 radical (unpaired) electrons. The predicted octanol–water partition coefficient (Wildman–Crippen LogP) is 4.42. The molecule has 1 saturated heterocycles. The Labute approximate surface area is 152 Å². The maximum atomic E-state index is 12.7. The summed E-state index contributed by atoms with van der Waals surface area (Å²) in [5, 5.41) is 4.79. The van der Waals surface area contributed by atoms with Gasteiger partial charge in [0.05, 0.1) is 0 Å². The normalized spacial score (nSPS) is 15.1. The summed E-state index contributed by atoms with van der Waals surface area (Å²) in [5.41, 5.74) is 1.27. The number of amides is 2. The SMILES string of the molecule is O=C(/C=C/c1cccs1)Nc1cccc(C(=O)N2CCCCCC2)c1. The van der Waals surface area contributed by atoms with Crippen LogP contribution in [0, 0.1) is 0 Å². The molecule has 130 valence electrons. The number of anilines is 1. The maximum absolute atomic E-state index is 12.7. The number of hydrogen-bond donors (Lipinski definition) is 1. The summed E-state index contributed by atoms with van der Waals surface area (Å²) in [7, 11) is 0. The molecule has 4 nitrogen and oxygen atoms in total. The molecule has 1 aromatic carbocycles. The van der Waals surface area contributed by atoms with Crippen LogP contribution in [0.4, 0.5) is 5.69 Å². The summed E-state index contributed by atoms with van der Waals surface area (Å²) in [6, 6.07) is 11.1. The van der Waals surface area contributed by atoms with Crippen LogP contribution < -0.4 is 5.32 Å². The molecule has 3 rings (SSSR count). The third-order valence-electron chi connectivity index (χ3n) is 4.21. The minimum absolute atomic E-state index is 0.0483. The van der Waals surface area contributed by atoms with Gasteiger partial charge in [-0.2, -0.15) is 0 Å². The van der Waals surface area contributed by atoms with Crippen LogP contribution in [0.15, 0.2) is 47.9 Å². The fourth-order valence-corrected chi connectivity index (χ4v) is 3.53. The van der Waals surface area contributed by atoms with Crippen LogP contribution in [0.3, 0.4) is 0 Å². The standard InChI is InChI=1S/C20H22N2O2S/c23-19(11-10-18-9-6-14-25-18)21-17-8-5-7-16(15-17)20(24)22-12-3-1-2-4-13-22/h5-11,14-15H,1-4,12-13H2,(H,21,23)/b11-10+. The van der Waals surface area contributed by atoms with E-state index < -0.39 is 0 Å². The molecule has 0 aliphatic carbocycles. The average molecular weight is 354 g/mol. The van der Waals surface area contributed by atoms with Crippen LogP contribution in [0.25, 0.3) is 6.08 Å². The number of rotatable bonds is 4. The molecule has 0 saturated carbocycles. The quantitative estimate of drug-likeness (QED) is 0.827. The summed E-state index contributed by atoms with van der Waals surface area (Å²) in [5.74, 6) is -0.153. The van der Waals surface area contributed by atoms with Crippen molar-refractivity contribution in [2.75, 3.05) is 18.4 Å². The van der Waals surface area contributed by atoms with Gasteiger partial charge in [0.1, 0.15) is 0 Å². The highest BCUT2D eigenvalue weighted by Gasteiger charge is 2.17. The number of likely N-dealkylation sites (tertiary alicyclic amines) is 1. The monoisotopic (exact) mass is 354 g/mol. The first kappa shape index (κ1) is 17.4. The second-order valence-electron chi connectivity index (χ2n) is 6.13. The maximum Gasteiger partial charge on any atom is 0.253 e. The van der Waals surface area contributed by atoms with Crippen molar-refractivity contribution in [2.24, 2.45) is 0 Å². The van der Waals surface area contributed by atoms with Gasteiger partial charge in [0.2, 0.25) is 5.91 Å². The Balaban J connectivity index is 1.64. The first-order valence-electron chi connectivity index (χ1n) is 8.64. The molecule has 1 aliphatic rings. The van der Waals surface area contributed by atoms with E-state index in [1.165, 1.54) is 18.9 Å². The smallest absolute Gasteiger partial charge is 0.253 e. The molecule has 2 heterocycles. The average Bonchev–Trinajstić information content (AvgIpc) is 3.00. The minimum atomic E-state index is -0.201. The van der Waals surface area contributed by atoms with Gasteiger partial charge in [0.15, 0.2) is 0 Å². The minimum Gasteiger partial charge on any atom is -0.339 e. The number of carbonyl (C=O) groups excluding carboxylic acids is 2. The zero-order chi connectivity index (χ0) is 17.5. The molecule has 1 fully saturated rings. The van der Waals surface area contributed by atoms with Crippen molar-refractivity contribution in [2.45, 2.75) is 25.7 Å². The van der Waals surface area contributed by atoms with Gasteiger partial charge in [-0.25, -0.2) is 0 Å². The molecular weight excluding hydrogens is 332 g/mol. The molecule has 2 amide bonds. The van der Waals surface area contributed by atoms with Crippen molar-refractivity contribution in [3.63, 3.8) is 0 Å². The largest absolute Gasteiger partial charge is 0.339 e. The fraction of sp³-hybridized carbons (Fsp3) is 0.300. The van der Waals surface area contributed by atoms with E-state index in [9.17, 15) is 9.59 Å². The molecule has 0 spiro atoms. The Kier molecular flexibility index (Phi) is 6.01. The third kappa shape index (κ3) is 5.03. The van der Waals surface area contributed by atoms with Crippen LogP contribution in [-0.4, -0.2) is 29.8 Å². The van der Waals surface area contributed by atoms with Gasteiger partial charge in [-0.05, 0) is 48.6 Å². The summed E-state index contributed by atoms with van der Waals surface area (Å²) >= 11 is 1.58. The number of nitrogens with zero attached hydrogens (tertiary/aromatic N) is 1. The Bertz CT molecular complexity index is 745. The van der Waals surface area contributed by atoms with Crippen LogP contribution in [-0.2, 0) is 4.79 Å². The van der Waals surface area contributed by atoms with Gasteiger partial charge in [-0.1, -0.05) is 25.0 Å². The van der Waals surface area contributed by atoms with E-state index in [2.05, 4.69) is 5.32 Å². The Morgan fingerprint density at radius 2 is 1.84 bits per heavy atom. The highest BCUT2D eigenvalue weighted by molar-refractivity contribution is 7.10. The molecule has 5 heteroatoms. The zero-order valence-electron chi connectivity index (χ0n) is 14.1. The number of nitrogens with one attached hydrogen (secondary N) is 1. The van der Waals surface area contributed by atoms with Gasteiger partial charge in [0, 0.05) is 35.3 Å². The molecule has 0 atom stereocenters. The van der Waals surface area contributed by atoms with Crippen LogP contribution in [0.1, 0.15) is 40.9 Å². The number of hydrogen-bond acceptors (Lipinski definition) is 3. The van der Waals surface area contributed by atoms with E-state index in [-0.39, 0.29) is 11.8 Å². The first-order chi connectivity index (χ1) is 12.2. The van der Waals surface area contributed by atoms with Crippen molar-refractivity contribution in [3.8, 4) is 0 Å². The van der Waals surface area contributed by atoms with Crippen molar-refractivity contribution >= 4 is 34.9 Å². The van der Waals surface area contributed by atoms with Crippen LogP contribution in [0.5, 0.6) is 0 Å². The highest BCUT2D eigenvalue weighted by Crippen LogP contribution is 2.17. The van der Waals surface area contributed by atoms with E-state index in [1.807, 2.05) is 34.5 Å². The van der Waals surface area contributed by atoms with Gasteiger partial charge in [-0.15, -0.1) is 11.3 Å². The molecule has 0 unspecified atom stereocenters. The molecule has 1 aromatic heterocycles. The lowest BCUT2D eigenvalue weighted by Gasteiger charge is -2.20. The molecule has 0 bridgehead atoms. The van der Waals surface area contributed by atoms with E-state index >= 15 is 0 Å². The number of benzene rings is 1. The topological polar surface area (TPSA) is 49.4 Å². The lowest BCUT2D eigenvalue weighted by atomic mass is 10.1. The molecule has 25 heavy (non-hydrogen) atoms. The van der Waals surface area contributed by atoms with E-state index in [0.717, 1.165) is 30.8 Å². The lowest BCUT2D eigenvalue weighted by Crippen LogP contribution is -2.31. The van der Waals surface area contributed by atoms with Crippen molar-refractivity contribution in [3.05, 3.63) is 58.3 Å². The van der Waals surface area contributed by atoms with Crippen molar-refractivity contribution in [1.82, 2.24) is 4.90 Å². The molecular formula is C20H22N2O2S. The molecule has 1 N–H and O–H groups in total. The second-order valence-corrected chi connectivity index (χ2v) is 7.10. The zero-order valence-corrected chi connectivity index (χ0v) is 14.9. The van der Waals surface area contributed by atoms with Crippen LogP contribution >= 0.6 is 11.3 Å². The summed E-state index contributed by atoms with van der Waals surface area (Å²) in [6.45, 7) is 1.64. The van der Waals surface area contributed by atoms with Gasteiger partial charge >= 0.3 is 0 Å². The van der Waals surface area contributed by atoms with Gasteiger partial charge < -0.3 is 10.2 Å². The fourth-order valence-electron chi connectivity index (χ4n) is 2.91.